The fourth-order valence-electron chi connectivity index (χ4n) is 1.76. The minimum atomic E-state index is -1.97. The molecule has 0 amide bonds. The van der Waals surface area contributed by atoms with E-state index in [1.807, 2.05) is 20.8 Å². The molecule has 0 aromatic carbocycles. The third-order valence-corrected chi connectivity index (χ3v) is 16.8. The second-order valence-electron chi connectivity index (χ2n) is 11.8. The lowest BCUT2D eigenvalue weighted by atomic mass is 10.2. The van der Waals surface area contributed by atoms with Crippen LogP contribution in [0.3, 0.4) is 0 Å². The molecule has 0 radical (unpaired) electrons. The van der Waals surface area contributed by atoms with E-state index in [1.165, 1.54) is 0 Å². The van der Waals surface area contributed by atoms with Crippen LogP contribution in [0.4, 0.5) is 0 Å². The van der Waals surface area contributed by atoms with Crippen molar-refractivity contribution in [2.45, 2.75) is 122 Å². The van der Waals surface area contributed by atoms with Gasteiger partial charge < -0.3 is 8.85 Å². The van der Waals surface area contributed by atoms with E-state index in [-0.39, 0.29) is 27.0 Å². The van der Waals surface area contributed by atoms with Crippen molar-refractivity contribution >= 4 is 27.6 Å². The molecule has 0 rings (SSSR count). The molecule has 0 unspecified atom stereocenters. The van der Waals surface area contributed by atoms with E-state index in [0.29, 0.717) is 6.61 Å². The third-order valence-electron chi connectivity index (χ3n) is 6.07. The number of hydrogen-bond acceptors (Lipinski definition) is 3. The van der Waals surface area contributed by atoms with Crippen LogP contribution in [-0.2, 0) is 19.8 Å². The number of nitrogens with one attached hydrogen (secondary N) is 1. The van der Waals surface area contributed by atoms with E-state index in [4.69, 9.17) is 8.85 Å². The van der Waals surface area contributed by atoms with E-state index < -0.39 is 27.6 Å². The molecule has 0 heterocycles. The van der Waals surface area contributed by atoms with Crippen LogP contribution < -0.4 is 4.72 Å². The van der Waals surface area contributed by atoms with Gasteiger partial charge in [-0.25, -0.2) is 8.93 Å². The van der Waals surface area contributed by atoms with Crippen LogP contribution in [0.1, 0.15) is 69.2 Å². The Kier molecular flexibility index (Phi) is 9.24. The van der Waals surface area contributed by atoms with Crippen LogP contribution >= 0.6 is 0 Å². The smallest absolute Gasteiger partial charge is 0.192 e. The molecule has 7 heteroatoms. The monoisotopic (exact) mass is 437 g/mol. The number of rotatable bonds is 8. The maximum absolute atomic E-state index is 12.6. The van der Waals surface area contributed by atoms with Crippen LogP contribution in [0, 0.1) is 0 Å². The maximum atomic E-state index is 12.6. The van der Waals surface area contributed by atoms with Crippen molar-refractivity contribution in [3.8, 4) is 0 Å². The molecule has 0 bridgehead atoms. The Labute approximate surface area is 174 Å². The molecule has 3 atom stereocenters. The Bertz CT molecular complexity index is 503. The summed E-state index contributed by atoms with van der Waals surface area (Å²) < 4.78 is 28.8. The fourth-order valence-corrected chi connectivity index (χ4v) is 5.00. The van der Waals surface area contributed by atoms with E-state index in [9.17, 15) is 4.21 Å². The van der Waals surface area contributed by atoms with Gasteiger partial charge in [0.25, 0.3) is 0 Å². The van der Waals surface area contributed by atoms with Crippen molar-refractivity contribution in [2.24, 2.45) is 0 Å². The van der Waals surface area contributed by atoms with Crippen molar-refractivity contribution < 1.29 is 13.1 Å². The second-order valence-corrected chi connectivity index (χ2v) is 23.3. The Morgan fingerprint density at radius 3 is 1.59 bits per heavy atom. The van der Waals surface area contributed by atoms with Crippen molar-refractivity contribution in [3.05, 3.63) is 0 Å². The van der Waals surface area contributed by atoms with Crippen LogP contribution in [-0.4, -0.2) is 44.3 Å². The predicted molar refractivity (Wildman–Crippen MR) is 126 cm³/mol. The highest BCUT2D eigenvalue weighted by molar-refractivity contribution is 7.84. The molecule has 0 aliphatic heterocycles. The Balaban J connectivity index is 5.48. The zero-order chi connectivity index (χ0) is 22.1. The predicted octanol–water partition coefficient (Wildman–Crippen LogP) is 5.84. The first-order valence-electron chi connectivity index (χ1n) is 10.1. The van der Waals surface area contributed by atoms with Gasteiger partial charge in [-0.05, 0) is 64.0 Å². The average Bonchev–Trinajstić information content (AvgIpc) is 2.39. The highest BCUT2D eigenvalue weighted by atomic mass is 32.2. The summed E-state index contributed by atoms with van der Waals surface area (Å²) in [6, 6.07) is -0.0519. The summed E-state index contributed by atoms with van der Waals surface area (Å²) in [5.41, 5.74) is 0. The molecule has 0 aromatic heterocycles. The first kappa shape index (κ1) is 27.5. The van der Waals surface area contributed by atoms with E-state index >= 15 is 0 Å². The Hall–Kier alpha value is 0.464. The van der Waals surface area contributed by atoms with Gasteiger partial charge in [-0.3, -0.25) is 0 Å². The molecular formula is C20H47NO3SSi2. The molecule has 0 aliphatic rings. The largest absolute Gasteiger partial charge is 0.414 e. The average molecular weight is 438 g/mol. The normalized spacial score (nSPS) is 18.3. The van der Waals surface area contributed by atoms with Gasteiger partial charge >= 0.3 is 0 Å². The Morgan fingerprint density at radius 1 is 0.852 bits per heavy atom. The van der Waals surface area contributed by atoms with Gasteiger partial charge in [0, 0.05) is 6.04 Å². The van der Waals surface area contributed by atoms with E-state index in [1.54, 1.807) is 0 Å². The van der Waals surface area contributed by atoms with Crippen LogP contribution in [0.2, 0.25) is 36.3 Å². The lowest BCUT2D eigenvalue weighted by molar-refractivity contribution is 0.0872. The van der Waals surface area contributed by atoms with Crippen LogP contribution in [0.25, 0.3) is 0 Å². The quantitative estimate of drug-likeness (QED) is 0.485. The summed E-state index contributed by atoms with van der Waals surface area (Å²) in [5.74, 6) is 0. The molecular weight excluding hydrogens is 390 g/mol. The summed E-state index contributed by atoms with van der Waals surface area (Å²) in [7, 11) is -4.99. The van der Waals surface area contributed by atoms with Gasteiger partial charge in [0.05, 0.1) is 28.4 Å². The molecule has 27 heavy (non-hydrogen) atoms. The summed E-state index contributed by atoms with van der Waals surface area (Å²) >= 11 is 0. The lowest BCUT2D eigenvalue weighted by Gasteiger charge is -2.43. The molecule has 4 nitrogen and oxygen atoms in total. The van der Waals surface area contributed by atoms with E-state index in [0.717, 1.165) is 0 Å². The second kappa shape index (κ2) is 9.08. The van der Waals surface area contributed by atoms with Crippen molar-refractivity contribution in [1.29, 1.82) is 0 Å². The minimum Gasteiger partial charge on any atom is -0.414 e. The summed E-state index contributed by atoms with van der Waals surface area (Å²) in [6.07, 6.45) is -0.119. The molecule has 164 valence electrons. The van der Waals surface area contributed by atoms with Gasteiger partial charge in [-0.1, -0.05) is 41.5 Å². The summed E-state index contributed by atoms with van der Waals surface area (Å²) in [5, 5.41) is 0.268. The van der Waals surface area contributed by atoms with Gasteiger partial charge in [-0.2, -0.15) is 0 Å². The first-order chi connectivity index (χ1) is 11.6. The molecule has 0 aromatic rings. The highest BCUT2D eigenvalue weighted by Crippen LogP contribution is 2.39. The lowest BCUT2D eigenvalue weighted by Crippen LogP contribution is -2.54. The summed E-state index contributed by atoms with van der Waals surface area (Å²) in [6.45, 7) is 31.1. The van der Waals surface area contributed by atoms with Crippen LogP contribution in [0.5, 0.6) is 0 Å². The van der Waals surface area contributed by atoms with Gasteiger partial charge in [0.15, 0.2) is 16.6 Å². The van der Waals surface area contributed by atoms with Gasteiger partial charge in [0.1, 0.15) is 0 Å². The molecule has 0 fully saturated rings. The molecule has 0 spiro atoms. The maximum Gasteiger partial charge on any atom is 0.192 e. The van der Waals surface area contributed by atoms with Crippen molar-refractivity contribution in [2.75, 3.05) is 6.61 Å². The van der Waals surface area contributed by atoms with Gasteiger partial charge in [0.2, 0.25) is 0 Å². The molecule has 0 saturated heterocycles. The minimum absolute atomic E-state index is 0.0519. The van der Waals surface area contributed by atoms with Crippen molar-refractivity contribution in [1.82, 2.24) is 4.72 Å². The summed E-state index contributed by atoms with van der Waals surface area (Å²) in [4.78, 5) is 0. The van der Waals surface area contributed by atoms with E-state index in [2.05, 4.69) is 79.4 Å². The zero-order valence-corrected chi connectivity index (χ0v) is 23.3. The number of hydrogen-bond donors (Lipinski definition) is 1. The standard InChI is InChI=1S/C20H47NO3SSi2/c1-16(21-25(22)18(2,3)4)17(24-27(13,14)20(8,9)10)15-23-26(11,12)19(5,6)7/h16-17,21H,15H2,1-14H3/t16-,17+,25-/m0/s1. The van der Waals surface area contributed by atoms with Gasteiger partial charge in [-0.15, -0.1) is 0 Å². The Morgan fingerprint density at radius 2 is 1.26 bits per heavy atom. The third kappa shape index (κ3) is 8.38. The topological polar surface area (TPSA) is 47.6 Å². The zero-order valence-electron chi connectivity index (χ0n) is 20.5. The first-order valence-corrected chi connectivity index (χ1v) is 17.1. The fraction of sp³-hybridized carbons (Fsp3) is 1.00. The SMILES string of the molecule is C[C@H](N[S@@](=O)C(C)(C)C)[C@@H](CO[Si](C)(C)C(C)(C)C)O[Si](C)(C)C(C)(C)C. The molecule has 0 saturated carbocycles. The van der Waals surface area contributed by atoms with Crippen molar-refractivity contribution in [3.63, 3.8) is 0 Å². The highest BCUT2D eigenvalue weighted by Gasteiger charge is 2.42. The van der Waals surface area contributed by atoms with Crippen LogP contribution in [0.15, 0.2) is 0 Å². The molecule has 0 aliphatic carbocycles. The molecule has 1 N–H and O–H groups in total.